The molecule has 4 heteroatoms. The fourth-order valence-corrected chi connectivity index (χ4v) is 4.86. The number of nitrogens with one attached hydrogen (secondary N) is 1. The normalized spacial score (nSPS) is 29.2. The van der Waals surface area contributed by atoms with E-state index in [0.29, 0.717) is 11.8 Å². The summed E-state index contributed by atoms with van der Waals surface area (Å²) in [5.41, 5.74) is 1.25. The van der Waals surface area contributed by atoms with Gasteiger partial charge in [-0.3, -0.25) is 9.69 Å². The SMILES string of the molecule is CCCCC1CN(CCNC(=O)[C@@H]2C[C@@H]3C=C[C@H]2C3)Cc2ccccc2O1. The highest BCUT2D eigenvalue weighted by atomic mass is 16.5. The summed E-state index contributed by atoms with van der Waals surface area (Å²) < 4.78 is 6.29. The van der Waals surface area contributed by atoms with Crippen molar-refractivity contribution in [2.45, 2.75) is 51.7 Å². The zero-order valence-electron chi connectivity index (χ0n) is 16.4. The molecule has 1 heterocycles. The monoisotopic (exact) mass is 368 g/mol. The van der Waals surface area contributed by atoms with Crippen molar-refractivity contribution in [2.24, 2.45) is 17.8 Å². The minimum absolute atomic E-state index is 0.200. The van der Waals surface area contributed by atoms with E-state index in [-0.39, 0.29) is 17.9 Å². The van der Waals surface area contributed by atoms with Crippen LogP contribution in [0.4, 0.5) is 0 Å². The molecular formula is C23H32N2O2. The van der Waals surface area contributed by atoms with Gasteiger partial charge in [0.15, 0.2) is 0 Å². The quantitative estimate of drug-likeness (QED) is 0.745. The molecular weight excluding hydrogens is 336 g/mol. The molecule has 0 spiro atoms. The van der Waals surface area contributed by atoms with Gasteiger partial charge in [0.2, 0.25) is 5.91 Å². The fourth-order valence-electron chi connectivity index (χ4n) is 4.86. The van der Waals surface area contributed by atoms with Gasteiger partial charge in [-0.2, -0.15) is 0 Å². The Labute approximate surface area is 163 Å². The summed E-state index contributed by atoms with van der Waals surface area (Å²) in [6.45, 7) is 5.65. The van der Waals surface area contributed by atoms with Gasteiger partial charge >= 0.3 is 0 Å². The Morgan fingerprint density at radius 1 is 1.26 bits per heavy atom. The van der Waals surface area contributed by atoms with E-state index < -0.39 is 0 Å². The molecule has 1 aromatic carbocycles. The highest BCUT2D eigenvalue weighted by molar-refractivity contribution is 5.79. The van der Waals surface area contributed by atoms with Crippen LogP contribution in [0.5, 0.6) is 5.75 Å². The predicted octanol–water partition coefficient (Wildman–Crippen LogP) is 3.77. The third-order valence-corrected chi connectivity index (χ3v) is 6.34. The molecule has 1 aliphatic heterocycles. The maximum atomic E-state index is 12.6. The van der Waals surface area contributed by atoms with Crippen LogP contribution >= 0.6 is 0 Å². The van der Waals surface area contributed by atoms with E-state index in [0.717, 1.165) is 44.8 Å². The highest BCUT2D eigenvalue weighted by Gasteiger charge is 2.39. The summed E-state index contributed by atoms with van der Waals surface area (Å²) in [6.07, 6.45) is 10.5. The van der Waals surface area contributed by atoms with Crippen LogP contribution in [-0.2, 0) is 11.3 Å². The molecule has 3 aliphatic rings. The van der Waals surface area contributed by atoms with E-state index in [1.165, 1.54) is 24.8 Å². The molecule has 0 radical (unpaired) electrons. The molecule has 146 valence electrons. The summed E-state index contributed by atoms with van der Waals surface area (Å²) >= 11 is 0. The number of rotatable bonds is 7. The maximum Gasteiger partial charge on any atom is 0.223 e. The van der Waals surface area contributed by atoms with Gasteiger partial charge in [0.05, 0.1) is 0 Å². The standard InChI is InChI=1S/C23H32N2O2/c1-2-3-7-20-16-25(15-19-6-4-5-8-22(19)27-20)12-11-24-23(26)21-14-17-9-10-18(21)13-17/h4-6,8-10,17-18,20-21H,2-3,7,11-16H2,1H3,(H,24,26)/t17-,18+,20?,21-/m1/s1. The first-order valence-electron chi connectivity index (χ1n) is 10.7. The van der Waals surface area contributed by atoms with Crippen molar-refractivity contribution in [3.63, 3.8) is 0 Å². The Hall–Kier alpha value is -1.81. The molecule has 4 atom stereocenters. The third-order valence-electron chi connectivity index (χ3n) is 6.34. The van der Waals surface area contributed by atoms with Crippen LogP contribution in [0.1, 0.15) is 44.6 Å². The van der Waals surface area contributed by atoms with E-state index in [1.807, 2.05) is 0 Å². The summed E-state index contributed by atoms with van der Waals surface area (Å²) in [5, 5.41) is 3.20. The smallest absolute Gasteiger partial charge is 0.223 e. The van der Waals surface area contributed by atoms with Crippen LogP contribution in [0, 0.1) is 17.8 Å². The first-order chi connectivity index (χ1) is 13.2. The van der Waals surface area contributed by atoms with Crippen molar-refractivity contribution in [1.82, 2.24) is 10.2 Å². The van der Waals surface area contributed by atoms with E-state index in [4.69, 9.17) is 4.74 Å². The second-order valence-electron chi connectivity index (χ2n) is 8.40. The number of nitrogens with zero attached hydrogens (tertiary/aromatic N) is 1. The third kappa shape index (κ3) is 4.37. The maximum absolute atomic E-state index is 12.6. The van der Waals surface area contributed by atoms with Crippen LogP contribution in [0.25, 0.3) is 0 Å². The van der Waals surface area contributed by atoms with Crippen molar-refractivity contribution in [3.8, 4) is 5.75 Å². The average Bonchev–Trinajstić information content (AvgIpc) is 3.26. The van der Waals surface area contributed by atoms with Crippen molar-refractivity contribution in [2.75, 3.05) is 19.6 Å². The Morgan fingerprint density at radius 3 is 2.93 bits per heavy atom. The largest absolute Gasteiger partial charge is 0.489 e. The van der Waals surface area contributed by atoms with E-state index in [1.54, 1.807) is 0 Å². The molecule has 1 N–H and O–H groups in total. The number of allylic oxidation sites excluding steroid dienone is 2. The summed E-state index contributed by atoms with van der Waals surface area (Å²) in [7, 11) is 0. The van der Waals surface area contributed by atoms with Crippen molar-refractivity contribution in [3.05, 3.63) is 42.0 Å². The van der Waals surface area contributed by atoms with Crippen molar-refractivity contribution >= 4 is 5.91 Å². The number of hydrogen-bond donors (Lipinski definition) is 1. The lowest BCUT2D eigenvalue weighted by Crippen LogP contribution is -2.40. The first kappa shape index (κ1) is 18.5. The van der Waals surface area contributed by atoms with Crippen LogP contribution in [0.15, 0.2) is 36.4 Å². The van der Waals surface area contributed by atoms with Gasteiger partial charge in [-0.25, -0.2) is 0 Å². The molecule has 27 heavy (non-hydrogen) atoms. The lowest BCUT2D eigenvalue weighted by molar-refractivity contribution is -0.125. The lowest BCUT2D eigenvalue weighted by atomic mass is 9.93. The van der Waals surface area contributed by atoms with Crippen LogP contribution in [0.2, 0.25) is 0 Å². The highest BCUT2D eigenvalue weighted by Crippen LogP contribution is 2.43. The molecule has 2 bridgehead atoms. The summed E-state index contributed by atoms with van der Waals surface area (Å²) in [5.74, 6) is 2.60. The molecule has 1 amide bonds. The average molecular weight is 369 g/mol. The van der Waals surface area contributed by atoms with Gasteiger partial charge < -0.3 is 10.1 Å². The Morgan fingerprint density at radius 2 is 2.15 bits per heavy atom. The fraction of sp³-hybridized carbons (Fsp3) is 0.609. The van der Waals surface area contributed by atoms with Gasteiger partial charge in [0.25, 0.3) is 0 Å². The lowest BCUT2D eigenvalue weighted by Gasteiger charge is -2.24. The molecule has 1 saturated carbocycles. The number of ether oxygens (including phenoxy) is 1. The number of amides is 1. The van der Waals surface area contributed by atoms with Gasteiger partial charge in [-0.15, -0.1) is 0 Å². The van der Waals surface area contributed by atoms with Crippen LogP contribution < -0.4 is 10.1 Å². The molecule has 4 rings (SSSR count). The zero-order chi connectivity index (χ0) is 18.6. The zero-order valence-corrected chi connectivity index (χ0v) is 16.4. The van der Waals surface area contributed by atoms with Gasteiger partial charge in [-0.1, -0.05) is 43.7 Å². The number of carbonyl (C=O) groups is 1. The Bertz CT molecular complexity index is 687. The number of unbranched alkanes of at least 4 members (excludes halogenated alkanes) is 1. The second-order valence-corrected chi connectivity index (χ2v) is 8.40. The minimum Gasteiger partial charge on any atom is -0.489 e. The van der Waals surface area contributed by atoms with Gasteiger partial charge in [0, 0.05) is 37.7 Å². The van der Waals surface area contributed by atoms with Gasteiger partial charge in [-0.05, 0) is 43.6 Å². The molecule has 1 unspecified atom stereocenters. The summed E-state index contributed by atoms with van der Waals surface area (Å²) in [6, 6.07) is 8.37. The Kier molecular flexibility index (Phi) is 5.82. The van der Waals surface area contributed by atoms with E-state index in [2.05, 4.69) is 53.6 Å². The Balaban J connectivity index is 1.31. The number of hydrogen-bond acceptors (Lipinski definition) is 3. The predicted molar refractivity (Wildman–Crippen MR) is 108 cm³/mol. The molecule has 1 aromatic rings. The van der Waals surface area contributed by atoms with E-state index in [9.17, 15) is 4.79 Å². The second kappa shape index (κ2) is 8.47. The topological polar surface area (TPSA) is 41.6 Å². The van der Waals surface area contributed by atoms with Crippen LogP contribution in [0.3, 0.4) is 0 Å². The summed E-state index contributed by atoms with van der Waals surface area (Å²) in [4.78, 5) is 15.0. The van der Waals surface area contributed by atoms with E-state index >= 15 is 0 Å². The number of carbonyl (C=O) groups excluding carboxylic acids is 1. The molecule has 4 nitrogen and oxygen atoms in total. The van der Waals surface area contributed by atoms with Crippen LogP contribution in [-0.4, -0.2) is 36.5 Å². The van der Waals surface area contributed by atoms with Crippen molar-refractivity contribution in [1.29, 1.82) is 0 Å². The molecule has 1 fully saturated rings. The van der Waals surface area contributed by atoms with Gasteiger partial charge in [0.1, 0.15) is 11.9 Å². The number of fused-ring (bicyclic) bond motifs is 3. The first-order valence-corrected chi connectivity index (χ1v) is 10.7. The number of para-hydroxylation sites is 1. The molecule has 0 aromatic heterocycles. The molecule has 2 aliphatic carbocycles. The molecule has 0 saturated heterocycles. The number of benzene rings is 1. The van der Waals surface area contributed by atoms with Crippen molar-refractivity contribution < 1.29 is 9.53 Å². The minimum atomic E-state index is 0.200.